The summed E-state index contributed by atoms with van der Waals surface area (Å²) in [6.07, 6.45) is 0. The molecule has 0 radical (unpaired) electrons. The molecule has 132 heavy (non-hydrogen) atoms. The van der Waals surface area contributed by atoms with Crippen LogP contribution >= 0.6 is 0 Å². The molecular weight excluding hydrogens is 1590 g/mol. The van der Waals surface area contributed by atoms with Gasteiger partial charge in [0.2, 0.25) is 0 Å². The van der Waals surface area contributed by atoms with Crippen LogP contribution in [0.3, 0.4) is 0 Å². The number of rotatable bonds is 15. The van der Waals surface area contributed by atoms with Crippen LogP contribution in [0.25, 0.3) is 143 Å². The fourth-order valence-electron chi connectivity index (χ4n) is 22.2. The van der Waals surface area contributed by atoms with Crippen molar-refractivity contribution in [1.29, 1.82) is 0 Å². The van der Waals surface area contributed by atoms with E-state index < -0.39 is 10.8 Å². The zero-order valence-corrected chi connectivity index (χ0v) is 72.4. The van der Waals surface area contributed by atoms with E-state index in [4.69, 9.17) is 0 Å². The molecular formula is C128H86N4. The third-order valence-electron chi connectivity index (χ3n) is 27.9. The maximum Gasteiger partial charge on any atom is 0.0714 e. The summed E-state index contributed by atoms with van der Waals surface area (Å²) >= 11 is 0. The number of anilines is 6. The number of benzene rings is 22. The maximum absolute atomic E-state index is 2.52. The van der Waals surface area contributed by atoms with Gasteiger partial charge in [0, 0.05) is 77.3 Å². The molecule has 24 aromatic rings. The van der Waals surface area contributed by atoms with Crippen LogP contribution in [0.2, 0.25) is 0 Å². The van der Waals surface area contributed by atoms with Crippen LogP contribution in [-0.2, 0) is 10.8 Å². The Kier molecular flexibility index (Phi) is 18.7. The quantitative estimate of drug-likeness (QED) is 0.102. The first-order valence-electron chi connectivity index (χ1n) is 45.7. The van der Waals surface area contributed by atoms with Crippen molar-refractivity contribution < 1.29 is 0 Å². The molecule has 4 nitrogen and oxygen atoms in total. The van der Waals surface area contributed by atoms with E-state index in [1.165, 1.54) is 165 Å². The zero-order valence-electron chi connectivity index (χ0n) is 72.4. The molecule has 0 fully saturated rings. The summed E-state index contributed by atoms with van der Waals surface area (Å²) < 4.78 is 5.04. The first-order valence-corrected chi connectivity index (χ1v) is 45.7. The van der Waals surface area contributed by atoms with Crippen molar-refractivity contribution in [3.63, 3.8) is 0 Å². The van der Waals surface area contributed by atoms with E-state index in [1.54, 1.807) is 0 Å². The molecule has 2 aromatic heterocycles. The largest absolute Gasteiger partial charge is 0.310 e. The van der Waals surface area contributed by atoms with Crippen molar-refractivity contribution in [2.45, 2.75) is 10.8 Å². The van der Waals surface area contributed by atoms with Gasteiger partial charge < -0.3 is 18.9 Å². The van der Waals surface area contributed by atoms with Gasteiger partial charge in [-0.3, -0.25) is 0 Å². The Morgan fingerprint density at radius 1 is 0.167 bits per heavy atom. The van der Waals surface area contributed by atoms with Gasteiger partial charge in [-0.2, -0.15) is 0 Å². The minimum Gasteiger partial charge on any atom is -0.310 e. The number of fused-ring (bicyclic) bond motifs is 17. The first-order chi connectivity index (χ1) is 65.5. The minimum absolute atomic E-state index is 0.534. The van der Waals surface area contributed by atoms with Crippen LogP contribution in [0.15, 0.2) is 522 Å². The number of hydrogen-bond donors (Lipinski definition) is 0. The number of para-hydroxylation sites is 2. The second kappa shape index (κ2) is 32.0. The second-order valence-electron chi connectivity index (χ2n) is 34.8. The van der Waals surface area contributed by atoms with E-state index in [-0.39, 0.29) is 0 Å². The first kappa shape index (κ1) is 77.2. The molecule has 0 atom stereocenters. The van der Waals surface area contributed by atoms with Crippen molar-refractivity contribution in [1.82, 2.24) is 9.13 Å². The SMILES string of the molecule is c1ccc(-c2ccc(N(c3ccc4c(c3)C(c3ccccc3)(c3ccccc3)c3ccccc3-4)c3ccc4c5ccc6ccccc6c5n(-c5ccccc5-c5ccccc5)c4c3)cc2)cc1.c1ccc(-c2ccccc2-n2c3cc(N(c4ccc5c(c4)C(c4ccccc4)(c4ccccc4)c4ccccc4-5)c4cccc5ccccc45)ccc3c3ccc4ccccc4c32)cc1. The molecule has 0 spiro atoms. The van der Waals surface area contributed by atoms with E-state index >= 15 is 0 Å². The zero-order chi connectivity index (χ0) is 87.2. The lowest BCUT2D eigenvalue weighted by molar-refractivity contribution is 0.768. The Balaban J connectivity index is 0.000000142. The predicted molar refractivity (Wildman–Crippen MR) is 554 cm³/mol. The lowest BCUT2D eigenvalue weighted by Gasteiger charge is -2.35. The Hall–Kier alpha value is -17.2. The Labute approximate surface area is 767 Å². The molecule has 0 unspecified atom stereocenters. The highest BCUT2D eigenvalue weighted by atomic mass is 15.2. The second-order valence-corrected chi connectivity index (χ2v) is 34.8. The van der Waals surface area contributed by atoms with Crippen LogP contribution in [0.5, 0.6) is 0 Å². The normalized spacial score (nSPS) is 12.7. The number of hydrogen-bond acceptors (Lipinski definition) is 2. The molecule has 22 aromatic carbocycles. The smallest absolute Gasteiger partial charge is 0.0714 e. The van der Waals surface area contributed by atoms with Gasteiger partial charge in [0.1, 0.15) is 0 Å². The van der Waals surface area contributed by atoms with Crippen LogP contribution in [-0.4, -0.2) is 9.13 Å². The average Bonchev–Trinajstić information content (AvgIpc) is 1.54. The van der Waals surface area contributed by atoms with Crippen LogP contribution in [0.1, 0.15) is 44.5 Å². The number of aromatic nitrogens is 2. The van der Waals surface area contributed by atoms with Crippen LogP contribution < -0.4 is 9.80 Å². The lowest BCUT2D eigenvalue weighted by atomic mass is 9.67. The molecule has 0 aliphatic heterocycles. The highest BCUT2D eigenvalue weighted by molar-refractivity contribution is 6.21. The van der Waals surface area contributed by atoms with Crippen molar-refractivity contribution >= 4 is 110 Å². The highest BCUT2D eigenvalue weighted by Crippen LogP contribution is 2.60. The topological polar surface area (TPSA) is 16.3 Å². The summed E-state index contributed by atoms with van der Waals surface area (Å²) in [7, 11) is 0. The predicted octanol–water partition coefficient (Wildman–Crippen LogP) is 33.7. The molecule has 4 heteroatoms. The van der Waals surface area contributed by atoms with E-state index in [1.807, 2.05) is 0 Å². The monoisotopic (exact) mass is 1680 g/mol. The molecule has 618 valence electrons. The summed E-state index contributed by atoms with van der Waals surface area (Å²) in [4.78, 5) is 4.95. The van der Waals surface area contributed by atoms with Crippen molar-refractivity contribution in [3.05, 3.63) is 566 Å². The van der Waals surface area contributed by atoms with Crippen LogP contribution in [0, 0.1) is 0 Å². The summed E-state index contributed by atoms with van der Waals surface area (Å²) in [5, 5.41) is 12.2. The fraction of sp³-hybridized carbons (Fsp3) is 0.0156. The summed E-state index contributed by atoms with van der Waals surface area (Å²) in [5.74, 6) is 0. The molecule has 2 aliphatic carbocycles. The van der Waals surface area contributed by atoms with Crippen molar-refractivity contribution in [2.24, 2.45) is 0 Å². The summed E-state index contributed by atoms with van der Waals surface area (Å²) in [6.45, 7) is 0. The molecule has 0 N–H and O–H groups in total. The number of nitrogens with zero attached hydrogens (tertiary/aromatic N) is 4. The van der Waals surface area contributed by atoms with Gasteiger partial charge in [0.25, 0.3) is 0 Å². The van der Waals surface area contributed by atoms with Gasteiger partial charge >= 0.3 is 0 Å². The Bertz CT molecular complexity index is 8470. The van der Waals surface area contributed by atoms with Crippen molar-refractivity contribution in [2.75, 3.05) is 9.80 Å². The van der Waals surface area contributed by atoms with Gasteiger partial charge in [0.15, 0.2) is 0 Å². The summed E-state index contributed by atoms with van der Waals surface area (Å²) in [5.41, 5.74) is 34.8. The molecule has 26 rings (SSSR count). The third kappa shape index (κ3) is 12.4. The Morgan fingerprint density at radius 3 is 0.917 bits per heavy atom. The lowest BCUT2D eigenvalue weighted by Crippen LogP contribution is -2.28. The minimum atomic E-state index is -0.536. The van der Waals surface area contributed by atoms with Gasteiger partial charge in [-0.25, -0.2) is 0 Å². The molecule has 0 bridgehead atoms. The molecule has 0 saturated heterocycles. The molecule has 0 amide bonds. The molecule has 2 aliphatic rings. The third-order valence-corrected chi connectivity index (χ3v) is 27.9. The van der Waals surface area contributed by atoms with Gasteiger partial charge in [0.05, 0.1) is 50.0 Å². The van der Waals surface area contributed by atoms with E-state index in [0.29, 0.717) is 0 Å². The summed E-state index contributed by atoms with van der Waals surface area (Å²) in [6, 6.07) is 192. The fourth-order valence-corrected chi connectivity index (χ4v) is 22.2. The average molecular weight is 1680 g/mol. The van der Waals surface area contributed by atoms with Crippen molar-refractivity contribution in [3.8, 4) is 67.0 Å². The molecule has 2 heterocycles. The van der Waals surface area contributed by atoms with Gasteiger partial charge in [-0.05, 0) is 184 Å². The maximum atomic E-state index is 2.52. The Morgan fingerprint density at radius 2 is 0.470 bits per heavy atom. The standard InChI is InChI=1S/C65H44N2.C63H42N2/c1-5-19-45(20-6-1)46-33-36-51(37-34-46)66(52-38-41-57-56-30-15-17-31-60(56)65(61(57)43-52,49-24-9-3-10-25-49)50-26-11-4-12-27-50)53-39-42-58-59-40-35-48-23-13-14-29-55(48)64(59)67(63(58)44-53)62-32-18-16-28-54(62)47-21-7-2-8-22-47;1-4-19-43(20-5-1)51-29-15-17-33-60(51)65-61-42-49(37-40-55(61)56-38-35-45-22-11-13-30-52(45)62(56)65)64(59-34-18-23-44-21-10-12-28-50(44)59)48-36-39-54-53-31-14-16-32-57(53)63(58(54)41-48,46-24-6-2-7-25-46)47-26-8-3-9-27-47/h1-44H;1-42H. The van der Waals surface area contributed by atoms with E-state index in [0.717, 1.165) is 56.5 Å². The van der Waals surface area contributed by atoms with Gasteiger partial charge in [-0.1, -0.05) is 443 Å². The highest BCUT2D eigenvalue weighted by Gasteiger charge is 2.48. The van der Waals surface area contributed by atoms with Crippen LogP contribution in [0.4, 0.5) is 34.1 Å². The van der Waals surface area contributed by atoms with Gasteiger partial charge in [-0.15, -0.1) is 0 Å². The molecule has 0 saturated carbocycles. The van der Waals surface area contributed by atoms with E-state index in [9.17, 15) is 0 Å². The van der Waals surface area contributed by atoms with E-state index in [2.05, 4.69) is 541 Å².